The van der Waals surface area contributed by atoms with E-state index in [0.29, 0.717) is 24.2 Å². The van der Waals surface area contributed by atoms with E-state index >= 15 is 0 Å². The van der Waals surface area contributed by atoms with Gasteiger partial charge in [0.15, 0.2) is 0 Å². The number of hydrogen-bond donors (Lipinski definition) is 1. The predicted octanol–water partition coefficient (Wildman–Crippen LogP) is 3.02. The van der Waals surface area contributed by atoms with Gasteiger partial charge >= 0.3 is 0 Å². The number of carbonyl (C=O) groups is 1. The molecule has 2 heterocycles. The Morgan fingerprint density at radius 3 is 3.00 bits per heavy atom. The van der Waals surface area contributed by atoms with Crippen LogP contribution in [-0.4, -0.2) is 32.1 Å². The molecule has 0 aliphatic carbocycles. The Morgan fingerprint density at radius 1 is 1.48 bits per heavy atom. The van der Waals surface area contributed by atoms with Gasteiger partial charge in [0.1, 0.15) is 12.0 Å². The highest BCUT2D eigenvalue weighted by molar-refractivity contribution is 5.97. The van der Waals surface area contributed by atoms with Crippen LogP contribution in [0.4, 0.5) is 0 Å². The molecule has 0 bridgehead atoms. The molecule has 1 atom stereocenters. The summed E-state index contributed by atoms with van der Waals surface area (Å²) in [5, 5.41) is 2.82. The van der Waals surface area contributed by atoms with E-state index in [0.717, 1.165) is 30.7 Å². The average molecular weight is 316 g/mol. The van der Waals surface area contributed by atoms with Crippen molar-refractivity contribution in [3.8, 4) is 0 Å². The fourth-order valence-corrected chi connectivity index (χ4v) is 2.62. The molecule has 1 N–H and O–H groups in total. The van der Waals surface area contributed by atoms with E-state index in [1.807, 2.05) is 18.2 Å². The van der Waals surface area contributed by atoms with E-state index in [9.17, 15) is 4.79 Å². The predicted molar refractivity (Wildman–Crippen MR) is 90.9 cm³/mol. The quantitative estimate of drug-likeness (QED) is 0.735. The molecule has 2 aliphatic rings. The molecule has 0 saturated heterocycles. The van der Waals surface area contributed by atoms with E-state index in [2.05, 4.69) is 23.0 Å². The van der Waals surface area contributed by atoms with Crippen LogP contribution in [0, 0.1) is 0 Å². The van der Waals surface area contributed by atoms with Crippen molar-refractivity contribution < 1.29 is 14.3 Å². The third kappa shape index (κ3) is 4.66. The van der Waals surface area contributed by atoms with Crippen molar-refractivity contribution in [1.29, 1.82) is 0 Å². The van der Waals surface area contributed by atoms with Crippen LogP contribution in [0.2, 0.25) is 0 Å². The lowest BCUT2D eigenvalue weighted by atomic mass is 10.00. The van der Waals surface area contributed by atoms with Crippen LogP contribution in [0.5, 0.6) is 0 Å². The number of nitrogens with zero attached hydrogens (tertiary/aromatic N) is 1. The molecule has 0 aromatic rings. The van der Waals surface area contributed by atoms with Crippen molar-refractivity contribution in [3.05, 3.63) is 47.9 Å². The summed E-state index contributed by atoms with van der Waals surface area (Å²) in [6.45, 7) is 3.70. The summed E-state index contributed by atoms with van der Waals surface area (Å²) < 4.78 is 10.6. The summed E-state index contributed by atoms with van der Waals surface area (Å²) in [5.74, 6) is 0.524. The molecule has 0 fully saturated rings. The summed E-state index contributed by atoms with van der Waals surface area (Å²) in [5.41, 5.74) is 2.58. The first kappa shape index (κ1) is 17.2. The second-order valence-corrected chi connectivity index (χ2v) is 5.45. The molecule has 124 valence electrons. The number of rotatable bonds is 7. The van der Waals surface area contributed by atoms with Gasteiger partial charge in [-0.2, -0.15) is 0 Å². The minimum atomic E-state index is -0.331. The van der Waals surface area contributed by atoms with Crippen molar-refractivity contribution >= 4 is 11.6 Å². The molecule has 0 aromatic heterocycles. The first-order valence-electron chi connectivity index (χ1n) is 7.81. The molecule has 0 saturated carbocycles. The van der Waals surface area contributed by atoms with E-state index in [1.165, 1.54) is 0 Å². The average Bonchev–Trinajstić information content (AvgIpc) is 2.57. The van der Waals surface area contributed by atoms with E-state index in [4.69, 9.17) is 9.47 Å². The smallest absolute Gasteiger partial charge is 0.252 e. The number of methoxy groups -OCH3 is 2. The summed E-state index contributed by atoms with van der Waals surface area (Å²) in [4.78, 5) is 16.9. The molecule has 0 spiro atoms. The van der Waals surface area contributed by atoms with Crippen molar-refractivity contribution in [3.63, 3.8) is 0 Å². The Hall–Kier alpha value is -2.14. The van der Waals surface area contributed by atoms with Gasteiger partial charge in [0.2, 0.25) is 0 Å². The first-order valence-corrected chi connectivity index (χ1v) is 7.81. The van der Waals surface area contributed by atoms with Crippen molar-refractivity contribution in [2.45, 2.75) is 38.3 Å². The van der Waals surface area contributed by atoms with Crippen LogP contribution in [0.3, 0.4) is 0 Å². The Kier molecular flexibility index (Phi) is 6.35. The lowest BCUT2D eigenvalue weighted by Gasteiger charge is -2.26. The zero-order valence-electron chi connectivity index (χ0n) is 13.8. The Labute approximate surface area is 137 Å². The Balaban J connectivity index is 2.13. The fraction of sp³-hybridized carbons (Fsp3) is 0.444. The highest BCUT2D eigenvalue weighted by atomic mass is 16.5. The monoisotopic (exact) mass is 316 g/mol. The summed E-state index contributed by atoms with van der Waals surface area (Å²) >= 11 is 0. The van der Waals surface area contributed by atoms with Crippen LogP contribution >= 0.6 is 0 Å². The molecule has 2 rings (SSSR count). The minimum absolute atomic E-state index is 0.148. The third-order valence-electron chi connectivity index (χ3n) is 3.84. The van der Waals surface area contributed by atoms with Crippen LogP contribution < -0.4 is 5.32 Å². The van der Waals surface area contributed by atoms with Crippen LogP contribution in [0.25, 0.3) is 0 Å². The first-order chi connectivity index (χ1) is 11.2. The largest absolute Gasteiger partial charge is 0.500 e. The zero-order valence-corrected chi connectivity index (χ0v) is 13.8. The standard InChI is InChI=1S/C18H24N2O3/c1-4-5-6-8-13-9-7-10-14(19-13)11-15-16(22-2)12-17(23-3)20-18(15)21/h4,6,8,10,17H,1,5,7,9,11-12H2,2-3H3,(H,20,21)/b8-6-. The molecule has 0 radical (unpaired) electrons. The van der Waals surface area contributed by atoms with Gasteiger partial charge < -0.3 is 14.8 Å². The summed E-state index contributed by atoms with van der Waals surface area (Å²) in [6.07, 6.45) is 11.4. The van der Waals surface area contributed by atoms with Gasteiger partial charge in [-0.15, -0.1) is 6.58 Å². The normalized spacial score (nSPS) is 21.8. The molecular formula is C18H24N2O3. The highest BCUT2D eigenvalue weighted by Gasteiger charge is 2.28. The van der Waals surface area contributed by atoms with Crippen molar-refractivity contribution in [2.75, 3.05) is 14.2 Å². The van der Waals surface area contributed by atoms with E-state index < -0.39 is 0 Å². The van der Waals surface area contributed by atoms with Gasteiger partial charge in [-0.05, 0) is 25.3 Å². The maximum Gasteiger partial charge on any atom is 0.252 e. The van der Waals surface area contributed by atoms with Gasteiger partial charge in [0.05, 0.1) is 19.1 Å². The molecule has 1 amide bonds. The number of carbonyl (C=O) groups excluding carboxylic acids is 1. The number of ether oxygens (including phenoxy) is 2. The number of hydrogen-bond acceptors (Lipinski definition) is 4. The molecule has 0 aromatic carbocycles. The SMILES string of the molecule is C=CC/C=C\C1=NC(CC2=C(OC)CC(OC)NC2=O)=CCC1. The van der Waals surface area contributed by atoms with Crippen LogP contribution in [-0.2, 0) is 14.3 Å². The van der Waals surface area contributed by atoms with Gasteiger partial charge in [-0.3, -0.25) is 9.79 Å². The lowest BCUT2D eigenvalue weighted by Crippen LogP contribution is -2.42. The van der Waals surface area contributed by atoms with E-state index in [1.54, 1.807) is 14.2 Å². The van der Waals surface area contributed by atoms with Gasteiger partial charge in [-0.1, -0.05) is 18.2 Å². The topological polar surface area (TPSA) is 59.9 Å². The molecule has 5 nitrogen and oxygen atoms in total. The number of aliphatic imine (C=N–C) groups is 1. The van der Waals surface area contributed by atoms with E-state index in [-0.39, 0.29) is 12.1 Å². The molecule has 5 heteroatoms. The van der Waals surface area contributed by atoms with Crippen LogP contribution in [0.1, 0.15) is 32.1 Å². The second kappa shape index (κ2) is 8.48. The lowest BCUT2D eigenvalue weighted by molar-refractivity contribution is -0.122. The molecule has 1 unspecified atom stereocenters. The molecule has 23 heavy (non-hydrogen) atoms. The number of amides is 1. The summed E-state index contributed by atoms with van der Waals surface area (Å²) in [6, 6.07) is 0. The van der Waals surface area contributed by atoms with Crippen molar-refractivity contribution in [2.24, 2.45) is 4.99 Å². The number of nitrogens with one attached hydrogen (secondary N) is 1. The Morgan fingerprint density at radius 2 is 2.30 bits per heavy atom. The fourth-order valence-electron chi connectivity index (χ4n) is 2.62. The highest BCUT2D eigenvalue weighted by Crippen LogP contribution is 2.26. The minimum Gasteiger partial charge on any atom is -0.500 e. The van der Waals surface area contributed by atoms with Gasteiger partial charge in [-0.25, -0.2) is 0 Å². The number of allylic oxidation sites excluding steroid dienone is 5. The van der Waals surface area contributed by atoms with Gasteiger partial charge in [0.25, 0.3) is 5.91 Å². The Bertz CT molecular complexity index is 585. The third-order valence-corrected chi connectivity index (χ3v) is 3.84. The van der Waals surface area contributed by atoms with Crippen molar-refractivity contribution in [1.82, 2.24) is 5.32 Å². The maximum absolute atomic E-state index is 12.3. The zero-order chi connectivity index (χ0) is 16.7. The van der Waals surface area contributed by atoms with Gasteiger partial charge in [0, 0.05) is 24.9 Å². The summed E-state index contributed by atoms with van der Waals surface area (Å²) in [7, 11) is 3.15. The second-order valence-electron chi connectivity index (χ2n) is 5.45. The maximum atomic E-state index is 12.3. The van der Waals surface area contributed by atoms with Crippen LogP contribution in [0.15, 0.2) is 52.9 Å². The molecule has 2 aliphatic heterocycles. The molecular weight excluding hydrogens is 292 g/mol.